The van der Waals surface area contributed by atoms with Crippen LogP contribution in [0.5, 0.6) is 11.5 Å². The van der Waals surface area contributed by atoms with Gasteiger partial charge in [0.25, 0.3) is 5.91 Å². The molecule has 1 aliphatic heterocycles. The maximum absolute atomic E-state index is 13.3. The minimum absolute atomic E-state index is 0.143. The number of benzene rings is 3. The van der Waals surface area contributed by atoms with Crippen LogP contribution in [-0.4, -0.2) is 46.6 Å². The van der Waals surface area contributed by atoms with Gasteiger partial charge in [0.2, 0.25) is 12.2 Å². The standard InChI is InChI=1S/C27H25N3O5/c1-30(25-16-34-26(35-25)13-17-7-4-3-5-8-17)27(32)21-14-20-22(28-29-23(20)15-24(21)31)12-18-9-6-10-19(11-18)33-2/h3-11,14-16,26,31H,12-13H2,1-2H3,(H,28,29). The van der Waals surface area contributed by atoms with E-state index in [0.717, 1.165) is 28.0 Å². The van der Waals surface area contributed by atoms with Gasteiger partial charge in [-0.1, -0.05) is 42.5 Å². The van der Waals surface area contributed by atoms with Gasteiger partial charge in [-0.05, 0) is 29.3 Å². The minimum atomic E-state index is -0.526. The highest BCUT2D eigenvalue weighted by atomic mass is 16.7. The number of hydrogen-bond acceptors (Lipinski definition) is 6. The van der Waals surface area contributed by atoms with Crippen molar-refractivity contribution in [2.24, 2.45) is 0 Å². The van der Waals surface area contributed by atoms with Crippen LogP contribution in [0, 0.1) is 0 Å². The van der Waals surface area contributed by atoms with E-state index in [1.165, 1.54) is 17.2 Å². The Kier molecular flexibility index (Phi) is 6.01. The SMILES string of the molecule is COc1cccc(Cc2n[nH]c3cc(O)c(C(=O)N(C)C4=COC(Cc5ccccc5)O4)cc23)c1. The van der Waals surface area contributed by atoms with Gasteiger partial charge in [0.05, 0.1) is 23.9 Å². The molecule has 0 radical (unpaired) electrons. The van der Waals surface area contributed by atoms with Crippen molar-refractivity contribution in [1.29, 1.82) is 0 Å². The maximum atomic E-state index is 13.3. The molecule has 3 aromatic carbocycles. The lowest BCUT2D eigenvalue weighted by Gasteiger charge is -2.19. The summed E-state index contributed by atoms with van der Waals surface area (Å²) in [5.74, 6) is 0.466. The first-order valence-electron chi connectivity index (χ1n) is 11.2. The number of nitrogens with zero attached hydrogens (tertiary/aromatic N) is 2. The number of phenolic OH excluding ortho intramolecular Hbond substituents is 1. The molecule has 8 nitrogen and oxygen atoms in total. The molecule has 0 spiro atoms. The second-order valence-corrected chi connectivity index (χ2v) is 8.31. The number of methoxy groups -OCH3 is 1. The first kappa shape index (κ1) is 22.3. The van der Waals surface area contributed by atoms with Crippen LogP contribution in [0.3, 0.4) is 0 Å². The molecule has 2 heterocycles. The van der Waals surface area contributed by atoms with E-state index in [9.17, 15) is 9.90 Å². The number of aromatic amines is 1. The largest absolute Gasteiger partial charge is 0.507 e. The van der Waals surface area contributed by atoms with Crippen LogP contribution >= 0.6 is 0 Å². The molecule has 1 amide bonds. The van der Waals surface area contributed by atoms with E-state index < -0.39 is 12.2 Å². The highest BCUT2D eigenvalue weighted by Crippen LogP contribution is 2.30. The van der Waals surface area contributed by atoms with Gasteiger partial charge in [0.15, 0.2) is 0 Å². The van der Waals surface area contributed by atoms with Gasteiger partial charge in [-0.25, -0.2) is 0 Å². The van der Waals surface area contributed by atoms with Crippen molar-refractivity contribution in [3.63, 3.8) is 0 Å². The molecule has 0 saturated heterocycles. The number of carbonyl (C=O) groups is 1. The van der Waals surface area contributed by atoms with Crippen LogP contribution in [-0.2, 0) is 22.3 Å². The fourth-order valence-corrected chi connectivity index (χ4v) is 4.05. The van der Waals surface area contributed by atoms with E-state index in [0.29, 0.717) is 18.4 Å². The molecular weight excluding hydrogens is 446 g/mol. The topological polar surface area (TPSA) is 96.9 Å². The third-order valence-electron chi connectivity index (χ3n) is 5.95. The fourth-order valence-electron chi connectivity index (χ4n) is 4.05. The minimum Gasteiger partial charge on any atom is -0.507 e. The number of hydrogen-bond donors (Lipinski definition) is 2. The number of rotatable bonds is 7. The first-order valence-corrected chi connectivity index (χ1v) is 11.2. The van der Waals surface area contributed by atoms with Crippen molar-refractivity contribution in [2.45, 2.75) is 19.1 Å². The number of H-pyrrole nitrogens is 1. The number of aromatic hydroxyl groups is 1. The number of phenols is 1. The van der Waals surface area contributed by atoms with Crippen molar-refractivity contribution in [1.82, 2.24) is 15.1 Å². The van der Waals surface area contributed by atoms with Crippen LogP contribution in [0.4, 0.5) is 0 Å². The van der Waals surface area contributed by atoms with Crippen molar-refractivity contribution < 1.29 is 24.1 Å². The summed E-state index contributed by atoms with van der Waals surface area (Å²) in [5.41, 5.74) is 3.62. The molecule has 8 heteroatoms. The lowest BCUT2D eigenvalue weighted by molar-refractivity contribution is -0.0432. The Morgan fingerprint density at radius 2 is 1.91 bits per heavy atom. The first-order chi connectivity index (χ1) is 17.0. The average Bonchev–Trinajstić information content (AvgIpc) is 3.50. The molecule has 178 valence electrons. The molecule has 0 saturated carbocycles. The number of aromatic nitrogens is 2. The van der Waals surface area contributed by atoms with Crippen LogP contribution in [0.1, 0.15) is 27.2 Å². The summed E-state index contributed by atoms with van der Waals surface area (Å²) in [4.78, 5) is 14.6. The number of amides is 1. The lowest BCUT2D eigenvalue weighted by atomic mass is 10.0. The van der Waals surface area contributed by atoms with Crippen molar-refractivity contribution >= 4 is 16.8 Å². The Labute approximate surface area is 202 Å². The number of nitrogens with one attached hydrogen (secondary N) is 1. The molecular formula is C27H25N3O5. The van der Waals surface area contributed by atoms with Crippen LogP contribution < -0.4 is 4.74 Å². The molecule has 1 aromatic heterocycles. The highest BCUT2D eigenvalue weighted by molar-refractivity contribution is 6.01. The van der Waals surface area contributed by atoms with Gasteiger partial charge in [-0.15, -0.1) is 0 Å². The molecule has 5 rings (SSSR count). The third kappa shape index (κ3) is 4.63. The van der Waals surface area contributed by atoms with Gasteiger partial charge >= 0.3 is 0 Å². The molecule has 4 aromatic rings. The van der Waals surface area contributed by atoms with Crippen molar-refractivity contribution in [3.05, 3.63) is 101 Å². The Bertz CT molecular complexity index is 1400. The summed E-state index contributed by atoms with van der Waals surface area (Å²) in [6.45, 7) is 0. The van der Waals surface area contributed by atoms with E-state index in [-0.39, 0.29) is 17.2 Å². The van der Waals surface area contributed by atoms with Gasteiger partial charge in [-0.3, -0.25) is 14.8 Å². The molecule has 2 N–H and O–H groups in total. The molecule has 35 heavy (non-hydrogen) atoms. The van der Waals surface area contributed by atoms with E-state index >= 15 is 0 Å². The van der Waals surface area contributed by atoms with Crippen LogP contribution in [0.2, 0.25) is 0 Å². The Hall–Kier alpha value is -4.46. The summed E-state index contributed by atoms with van der Waals surface area (Å²) >= 11 is 0. The van der Waals surface area contributed by atoms with E-state index in [1.54, 1.807) is 20.2 Å². The van der Waals surface area contributed by atoms with Gasteiger partial charge < -0.3 is 19.3 Å². The smallest absolute Gasteiger partial charge is 0.264 e. The molecule has 0 fully saturated rings. The monoisotopic (exact) mass is 471 g/mol. The average molecular weight is 472 g/mol. The van der Waals surface area contributed by atoms with Crippen LogP contribution in [0.25, 0.3) is 10.9 Å². The third-order valence-corrected chi connectivity index (χ3v) is 5.95. The lowest BCUT2D eigenvalue weighted by Crippen LogP contribution is -2.27. The fraction of sp³-hybridized carbons (Fsp3) is 0.185. The number of ether oxygens (including phenoxy) is 3. The Morgan fingerprint density at radius 3 is 2.71 bits per heavy atom. The van der Waals surface area contributed by atoms with Gasteiger partial charge in [-0.2, -0.15) is 5.10 Å². The molecule has 0 bridgehead atoms. The normalized spacial score (nSPS) is 14.8. The summed E-state index contributed by atoms with van der Waals surface area (Å²) in [6, 6.07) is 20.7. The maximum Gasteiger partial charge on any atom is 0.264 e. The summed E-state index contributed by atoms with van der Waals surface area (Å²) in [7, 11) is 3.21. The van der Waals surface area contributed by atoms with E-state index in [2.05, 4.69) is 10.2 Å². The predicted molar refractivity (Wildman–Crippen MR) is 130 cm³/mol. The molecule has 1 aliphatic rings. The molecule has 1 atom stereocenters. The quantitative estimate of drug-likeness (QED) is 0.416. The number of carbonyl (C=O) groups excluding carboxylic acids is 1. The zero-order valence-corrected chi connectivity index (χ0v) is 19.4. The second kappa shape index (κ2) is 9.42. The predicted octanol–water partition coefficient (Wildman–Crippen LogP) is 4.35. The van der Waals surface area contributed by atoms with E-state index in [1.807, 2.05) is 54.6 Å². The van der Waals surface area contributed by atoms with Crippen molar-refractivity contribution in [3.8, 4) is 11.5 Å². The zero-order valence-electron chi connectivity index (χ0n) is 19.4. The molecule has 1 unspecified atom stereocenters. The van der Waals surface area contributed by atoms with E-state index in [4.69, 9.17) is 14.2 Å². The Morgan fingerprint density at radius 1 is 1.11 bits per heavy atom. The summed E-state index contributed by atoms with van der Waals surface area (Å²) < 4.78 is 16.7. The Balaban J connectivity index is 1.34. The summed E-state index contributed by atoms with van der Waals surface area (Å²) in [6.07, 6.45) is 1.98. The molecule has 0 aliphatic carbocycles. The van der Waals surface area contributed by atoms with Gasteiger partial charge in [0.1, 0.15) is 17.8 Å². The second-order valence-electron chi connectivity index (χ2n) is 8.31. The number of fused-ring (bicyclic) bond motifs is 1. The zero-order chi connectivity index (χ0) is 24.4. The highest BCUT2D eigenvalue weighted by Gasteiger charge is 2.28. The van der Waals surface area contributed by atoms with Crippen molar-refractivity contribution in [2.75, 3.05) is 14.2 Å². The summed E-state index contributed by atoms with van der Waals surface area (Å²) in [5, 5.41) is 18.7. The van der Waals surface area contributed by atoms with Crippen LogP contribution in [0.15, 0.2) is 78.9 Å². The van der Waals surface area contributed by atoms with Gasteiger partial charge in [0, 0.05) is 31.3 Å².